The van der Waals surface area contributed by atoms with E-state index in [1.54, 1.807) is 0 Å². The van der Waals surface area contributed by atoms with Gasteiger partial charge in [0.1, 0.15) is 9.84 Å². The Morgan fingerprint density at radius 1 is 1.24 bits per heavy atom. The molecule has 0 unspecified atom stereocenters. The summed E-state index contributed by atoms with van der Waals surface area (Å²) in [6.45, 7) is 0. The number of rotatable bonds is 3. The van der Waals surface area contributed by atoms with Crippen LogP contribution in [0, 0.1) is 0 Å². The van der Waals surface area contributed by atoms with Crippen LogP contribution in [-0.4, -0.2) is 36.9 Å². The van der Waals surface area contributed by atoms with E-state index in [2.05, 4.69) is 10.3 Å². The average molecular weight is 306 g/mol. The molecule has 0 spiro atoms. The number of para-hydroxylation sites is 1. The molecule has 0 atom stereocenters. The van der Waals surface area contributed by atoms with Crippen LogP contribution in [0.25, 0.3) is 10.9 Å². The van der Waals surface area contributed by atoms with Crippen molar-refractivity contribution < 1.29 is 13.2 Å². The first-order valence-electron chi connectivity index (χ1n) is 7.08. The average Bonchev–Trinajstić information content (AvgIpc) is 2.85. The Morgan fingerprint density at radius 2 is 1.95 bits per heavy atom. The summed E-state index contributed by atoms with van der Waals surface area (Å²) in [6, 6.07) is 7.84. The zero-order valence-corrected chi connectivity index (χ0v) is 12.4. The highest BCUT2D eigenvalue weighted by atomic mass is 32.2. The second-order valence-corrected chi connectivity index (χ2v) is 7.83. The Labute approximate surface area is 123 Å². The van der Waals surface area contributed by atoms with E-state index in [1.807, 2.05) is 30.5 Å². The molecule has 2 aromatic rings. The molecule has 2 N–H and O–H groups in total. The van der Waals surface area contributed by atoms with E-state index >= 15 is 0 Å². The molecule has 1 amide bonds. The lowest BCUT2D eigenvalue weighted by Gasteiger charge is -2.22. The molecule has 6 heteroatoms. The first-order valence-corrected chi connectivity index (χ1v) is 8.90. The summed E-state index contributed by atoms with van der Waals surface area (Å²) in [5.74, 6) is 0.292. The summed E-state index contributed by atoms with van der Waals surface area (Å²) in [5.41, 5.74) is 1.98. The molecule has 1 aromatic carbocycles. The van der Waals surface area contributed by atoms with Crippen molar-refractivity contribution in [3.8, 4) is 0 Å². The van der Waals surface area contributed by atoms with Gasteiger partial charge >= 0.3 is 0 Å². The van der Waals surface area contributed by atoms with Crippen LogP contribution >= 0.6 is 0 Å². The van der Waals surface area contributed by atoms with Crippen LogP contribution in [0.1, 0.15) is 18.4 Å². The Balaban J connectivity index is 1.62. The summed E-state index contributed by atoms with van der Waals surface area (Å²) in [4.78, 5) is 15.3. The lowest BCUT2D eigenvalue weighted by molar-refractivity contribution is -0.121. The first-order chi connectivity index (χ1) is 10.0. The molecule has 0 aliphatic carbocycles. The molecule has 1 fully saturated rings. The van der Waals surface area contributed by atoms with Crippen molar-refractivity contribution in [1.29, 1.82) is 0 Å². The van der Waals surface area contributed by atoms with E-state index in [-0.39, 0.29) is 23.5 Å². The van der Waals surface area contributed by atoms with Gasteiger partial charge in [-0.05, 0) is 24.5 Å². The zero-order valence-electron chi connectivity index (χ0n) is 11.6. The number of nitrogens with one attached hydrogen (secondary N) is 2. The highest BCUT2D eigenvalue weighted by Gasteiger charge is 2.24. The van der Waals surface area contributed by atoms with Crippen molar-refractivity contribution in [2.75, 3.05) is 11.5 Å². The van der Waals surface area contributed by atoms with Crippen LogP contribution in [0.2, 0.25) is 0 Å². The number of carbonyl (C=O) groups is 1. The number of aromatic amines is 1. The zero-order chi connectivity index (χ0) is 14.9. The van der Waals surface area contributed by atoms with Crippen LogP contribution in [-0.2, 0) is 21.1 Å². The van der Waals surface area contributed by atoms with Crippen molar-refractivity contribution in [1.82, 2.24) is 10.3 Å². The number of hydrogen-bond acceptors (Lipinski definition) is 3. The molecule has 3 rings (SSSR count). The number of fused-ring (bicyclic) bond motifs is 1. The summed E-state index contributed by atoms with van der Waals surface area (Å²) >= 11 is 0. The molecule has 0 radical (unpaired) electrons. The molecular weight excluding hydrogens is 288 g/mol. The molecule has 0 saturated carbocycles. The minimum absolute atomic E-state index is 0.0220. The number of aromatic nitrogens is 1. The molecular formula is C15H18N2O3S. The van der Waals surface area contributed by atoms with Crippen molar-refractivity contribution in [2.24, 2.45) is 0 Å². The molecule has 5 nitrogen and oxygen atoms in total. The standard InChI is InChI=1S/C15H18N2O3S/c18-15(17-12-5-7-21(19,20)8-6-12)9-11-10-16-14-4-2-1-3-13(11)14/h1-4,10,12,16H,5-9H2,(H,17,18). The molecule has 1 aliphatic heterocycles. The van der Waals surface area contributed by atoms with E-state index < -0.39 is 9.84 Å². The Morgan fingerprint density at radius 3 is 2.71 bits per heavy atom. The lowest BCUT2D eigenvalue weighted by Crippen LogP contribution is -2.41. The van der Waals surface area contributed by atoms with Gasteiger partial charge in [0.15, 0.2) is 0 Å². The molecule has 1 aromatic heterocycles. The smallest absolute Gasteiger partial charge is 0.224 e. The summed E-state index contributed by atoms with van der Waals surface area (Å²) in [7, 11) is -2.89. The fourth-order valence-electron chi connectivity index (χ4n) is 2.76. The fraction of sp³-hybridized carbons (Fsp3) is 0.400. The van der Waals surface area contributed by atoms with Gasteiger partial charge in [-0.3, -0.25) is 4.79 Å². The van der Waals surface area contributed by atoms with Crippen molar-refractivity contribution in [2.45, 2.75) is 25.3 Å². The molecule has 2 heterocycles. The second kappa shape index (κ2) is 5.52. The Hall–Kier alpha value is -1.82. The van der Waals surface area contributed by atoms with Gasteiger partial charge < -0.3 is 10.3 Å². The number of hydrogen-bond donors (Lipinski definition) is 2. The normalized spacial score (nSPS) is 18.7. The molecule has 0 bridgehead atoms. The maximum Gasteiger partial charge on any atom is 0.224 e. The largest absolute Gasteiger partial charge is 0.361 e. The van der Waals surface area contributed by atoms with Crippen LogP contribution in [0.3, 0.4) is 0 Å². The van der Waals surface area contributed by atoms with Gasteiger partial charge in [-0.15, -0.1) is 0 Å². The molecule has 1 aliphatic rings. The van der Waals surface area contributed by atoms with Crippen LogP contribution in [0.5, 0.6) is 0 Å². The van der Waals surface area contributed by atoms with Crippen molar-refractivity contribution >= 4 is 26.6 Å². The summed E-state index contributed by atoms with van der Waals surface area (Å²) in [5, 5.41) is 4.00. The van der Waals surface area contributed by atoms with Crippen molar-refractivity contribution in [3.63, 3.8) is 0 Å². The third-order valence-corrected chi connectivity index (χ3v) is 5.66. The third kappa shape index (κ3) is 3.26. The minimum Gasteiger partial charge on any atom is -0.361 e. The number of amides is 1. The van der Waals surface area contributed by atoms with Gasteiger partial charge in [-0.1, -0.05) is 18.2 Å². The topological polar surface area (TPSA) is 79.0 Å². The highest BCUT2D eigenvalue weighted by molar-refractivity contribution is 7.91. The third-order valence-electron chi connectivity index (χ3n) is 3.95. The molecule has 1 saturated heterocycles. The predicted octanol–water partition coefficient (Wildman–Crippen LogP) is 1.40. The maximum absolute atomic E-state index is 12.1. The van der Waals surface area contributed by atoms with E-state index in [4.69, 9.17) is 0 Å². The van der Waals surface area contributed by atoms with Crippen LogP contribution in [0.4, 0.5) is 0 Å². The van der Waals surface area contributed by atoms with Gasteiger partial charge in [0.05, 0.1) is 17.9 Å². The lowest BCUT2D eigenvalue weighted by atomic mass is 10.1. The quantitative estimate of drug-likeness (QED) is 0.899. The number of H-pyrrole nitrogens is 1. The fourth-order valence-corrected chi connectivity index (χ4v) is 4.26. The van der Waals surface area contributed by atoms with Gasteiger partial charge in [0.2, 0.25) is 5.91 Å². The number of carbonyl (C=O) groups excluding carboxylic acids is 1. The Kier molecular flexibility index (Phi) is 3.71. The van der Waals surface area contributed by atoms with E-state index in [0.29, 0.717) is 19.3 Å². The number of sulfone groups is 1. The van der Waals surface area contributed by atoms with Gasteiger partial charge in [-0.25, -0.2) is 8.42 Å². The predicted molar refractivity (Wildman–Crippen MR) is 81.8 cm³/mol. The SMILES string of the molecule is O=C(Cc1c[nH]c2ccccc12)NC1CCS(=O)(=O)CC1. The van der Waals surface area contributed by atoms with E-state index in [1.165, 1.54) is 0 Å². The Bertz CT molecular complexity index is 750. The van der Waals surface area contributed by atoms with Crippen LogP contribution < -0.4 is 5.32 Å². The van der Waals surface area contributed by atoms with E-state index in [9.17, 15) is 13.2 Å². The van der Waals surface area contributed by atoms with Gasteiger partial charge in [0, 0.05) is 23.1 Å². The maximum atomic E-state index is 12.1. The number of benzene rings is 1. The highest BCUT2D eigenvalue weighted by Crippen LogP contribution is 2.18. The van der Waals surface area contributed by atoms with E-state index in [0.717, 1.165) is 16.5 Å². The monoisotopic (exact) mass is 306 g/mol. The molecule has 112 valence electrons. The summed E-state index contributed by atoms with van der Waals surface area (Å²) in [6.07, 6.45) is 3.20. The van der Waals surface area contributed by atoms with Crippen LogP contribution in [0.15, 0.2) is 30.5 Å². The van der Waals surface area contributed by atoms with Crippen molar-refractivity contribution in [3.05, 3.63) is 36.0 Å². The van der Waals surface area contributed by atoms with Gasteiger partial charge in [-0.2, -0.15) is 0 Å². The molecule has 21 heavy (non-hydrogen) atoms. The van der Waals surface area contributed by atoms with Gasteiger partial charge in [0.25, 0.3) is 0 Å². The second-order valence-electron chi connectivity index (χ2n) is 5.53. The minimum atomic E-state index is -2.89. The summed E-state index contributed by atoms with van der Waals surface area (Å²) < 4.78 is 22.7. The first kappa shape index (κ1) is 14.1.